The number of hydrogen-bond acceptors (Lipinski definition) is 1. The van der Waals surface area contributed by atoms with E-state index < -0.39 is 0 Å². The Bertz CT molecular complexity index is 482. The molecule has 0 radical (unpaired) electrons. The van der Waals surface area contributed by atoms with Crippen LogP contribution in [-0.4, -0.2) is 9.55 Å². The van der Waals surface area contributed by atoms with Crippen molar-refractivity contribution in [2.45, 2.75) is 130 Å². The molecule has 1 heterocycles. The molecule has 1 aromatic heterocycles. The molecule has 0 atom stereocenters. The van der Waals surface area contributed by atoms with Crippen LogP contribution in [0.3, 0.4) is 0 Å². The Hall–Kier alpha value is -0.790. The fourth-order valence-electron chi connectivity index (χ4n) is 3.96. The summed E-state index contributed by atoms with van der Waals surface area (Å²) in [6.07, 6.45) is 15.0. The normalized spacial score (nSPS) is 12.8. The van der Waals surface area contributed by atoms with Crippen molar-refractivity contribution in [2.24, 2.45) is 0 Å². The van der Waals surface area contributed by atoms with E-state index in [-0.39, 0.29) is 10.8 Å². The predicted octanol–water partition coefficient (Wildman–Crippen LogP) is 7.40. The summed E-state index contributed by atoms with van der Waals surface area (Å²) < 4.78 is 2.48. The number of imidazole rings is 1. The first-order valence-electron chi connectivity index (χ1n) is 10.9. The second-order valence-corrected chi connectivity index (χ2v) is 9.17. The van der Waals surface area contributed by atoms with Crippen molar-refractivity contribution in [1.82, 2.24) is 9.55 Å². The maximum Gasteiger partial charge on any atom is 0.0952 e. The lowest BCUT2D eigenvalue weighted by atomic mass is 9.75. The Morgan fingerprint density at radius 1 is 0.760 bits per heavy atom. The van der Waals surface area contributed by atoms with Gasteiger partial charge >= 0.3 is 0 Å². The molecule has 0 saturated heterocycles. The number of hydrogen-bond donors (Lipinski definition) is 0. The molecule has 0 amide bonds. The van der Waals surface area contributed by atoms with Gasteiger partial charge in [-0.3, -0.25) is 0 Å². The maximum absolute atomic E-state index is 4.98. The highest BCUT2D eigenvalue weighted by Crippen LogP contribution is 2.39. The van der Waals surface area contributed by atoms with Crippen LogP contribution in [0.1, 0.15) is 124 Å². The lowest BCUT2D eigenvalue weighted by Crippen LogP contribution is -2.29. The van der Waals surface area contributed by atoms with Crippen LogP contribution in [0.2, 0.25) is 0 Å². The Balaban J connectivity index is 3.13. The van der Waals surface area contributed by atoms with Gasteiger partial charge in [0.05, 0.1) is 12.0 Å². The first kappa shape index (κ1) is 22.3. The monoisotopic (exact) mass is 348 g/mol. The fraction of sp³-hybridized carbons (Fsp3) is 0.870. The zero-order chi connectivity index (χ0) is 18.9. The zero-order valence-corrected chi connectivity index (χ0v) is 18.2. The molecule has 0 aliphatic rings. The van der Waals surface area contributed by atoms with Gasteiger partial charge in [-0.15, -0.1) is 0 Å². The summed E-state index contributed by atoms with van der Waals surface area (Å²) in [6, 6.07) is 0. The summed E-state index contributed by atoms with van der Waals surface area (Å²) in [6.45, 7) is 17.7. The van der Waals surface area contributed by atoms with Gasteiger partial charge in [0, 0.05) is 23.1 Å². The van der Waals surface area contributed by atoms with Gasteiger partial charge in [0.15, 0.2) is 0 Å². The second-order valence-electron chi connectivity index (χ2n) is 9.17. The SMILES string of the molecule is CCCCCC(C)(C)c1ncn(CCCC)c1C(C)(C)CCCCC. The molecule has 1 aromatic rings. The topological polar surface area (TPSA) is 17.8 Å². The molecule has 0 N–H and O–H groups in total. The smallest absolute Gasteiger partial charge is 0.0952 e. The molecule has 2 nitrogen and oxygen atoms in total. The lowest BCUT2D eigenvalue weighted by molar-refractivity contribution is 0.383. The molecule has 0 spiro atoms. The van der Waals surface area contributed by atoms with Gasteiger partial charge in [-0.2, -0.15) is 0 Å². The van der Waals surface area contributed by atoms with Gasteiger partial charge in [0.1, 0.15) is 0 Å². The van der Waals surface area contributed by atoms with E-state index in [1.807, 2.05) is 0 Å². The molecule has 0 aliphatic carbocycles. The third-order valence-electron chi connectivity index (χ3n) is 5.68. The molecule has 0 aromatic carbocycles. The Kier molecular flexibility index (Phi) is 9.24. The van der Waals surface area contributed by atoms with E-state index in [4.69, 9.17) is 4.98 Å². The number of aryl methyl sites for hydroxylation is 1. The second kappa shape index (κ2) is 10.4. The summed E-state index contributed by atoms with van der Waals surface area (Å²) in [5.41, 5.74) is 3.25. The average Bonchev–Trinajstić information content (AvgIpc) is 2.99. The van der Waals surface area contributed by atoms with E-state index in [9.17, 15) is 0 Å². The first-order valence-corrected chi connectivity index (χ1v) is 10.9. The van der Waals surface area contributed by atoms with Gasteiger partial charge < -0.3 is 4.57 Å². The van der Waals surface area contributed by atoms with Crippen LogP contribution in [-0.2, 0) is 17.4 Å². The fourth-order valence-corrected chi connectivity index (χ4v) is 3.96. The van der Waals surface area contributed by atoms with E-state index in [0.717, 1.165) is 6.54 Å². The third-order valence-corrected chi connectivity index (χ3v) is 5.68. The summed E-state index contributed by atoms with van der Waals surface area (Å²) in [4.78, 5) is 4.98. The van der Waals surface area contributed by atoms with Crippen molar-refractivity contribution in [3.05, 3.63) is 17.7 Å². The van der Waals surface area contributed by atoms with Gasteiger partial charge in [0.2, 0.25) is 0 Å². The summed E-state index contributed by atoms with van der Waals surface area (Å²) >= 11 is 0. The van der Waals surface area contributed by atoms with Crippen molar-refractivity contribution in [3.8, 4) is 0 Å². The van der Waals surface area contributed by atoms with Crippen LogP contribution >= 0.6 is 0 Å². The van der Waals surface area contributed by atoms with Crippen molar-refractivity contribution in [2.75, 3.05) is 0 Å². The minimum atomic E-state index is 0.171. The minimum Gasteiger partial charge on any atom is -0.334 e. The zero-order valence-electron chi connectivity index (χ0n) is 18.2. The third kappa shape index (κ3) is 6.46. The van der Waals surface area contributed by atoms with Crippen LogP contribution in [0.25, 0.3) is 0 Å². The molecule has 2 heteroatoms. The van der Waals surface area contributed by atoms with Gasteiger partial charge in [0.25, 0.3) is 0 Å². The molecule has 0 fully saturated rings. The number of aromatic nitrogens is 2. The number of rotatable bonds is 13. The molecular formula is C23H44N2. The standard InChI is InChI=1S/C23H44N2/c1-8-11-14-16-22(4,5)20-21(23(6,7)17-15-12-9-2)25(19-24-20)18-13-10-3/h19H,8-18H2,1-7H3. The van der Waals surface area contributed by atoms with E-state index in [1.54, 1.807) is 0 Å². The average molecular weight is 349 g/mol. The van der Waals surface area contributed by atoms with Crippen LogP contribution < -0.4 is 0 Å². The van der Waals surface area contributed by atoms with E-state index in [1.165, 1.54) is 75.6 Å². The Morgan fingerprint density at radius 2 is 1.28 bits per heavy atom. The van der Waals surface area contributed by atoms with Crippen molar-refractivity contribution in [1.29, 1.82) is 0 Å². The summed E-state index contributed by atoms with van der Waals surface area (Å²) in [5, 5.41) is 0. The highest BCUT2D eigenvalue weighted by molar-refractivity contribution is 5.29. The van der Waals surface area contributed by atoms with Crippen LogP contribution in [0.4, 0.5) is 0 Å². The highest BCUT2D eigenvalue weighted by atomic mass is 15.1. The Morgan fingerprint density at radius 3 is 1.80 bits per heavy atom. The number of unbranched alkanes of at least 4 members (excludes halogenated alkanes) is 5. The van der Waals surface area contributed by atoms with Crippen LogP contribution in [0, 0.1) is 0 Å². The van der Waals surface area contributed by atoms with Gasteiger partial charge in [-0.25, -0.2) is 4.98 Å². The lowest BCUT2D eigenvalue weighted by Gasteiger charge is -2.33. The van der Waals surface area contributed by atoms with E-state index in [0.29, 0.717) is 0 Å². The minimum absolute atomic E-state index is 0.171. The molecule has 25 heavy (non-hydrogen) atoms. The number of nitrogens with zero attached hydrogens (tertiary/aromatic N) is 2. The Labute approximate surface area is 157 Å². The quantitative estimate of drug-likeness (QED) is 0.339. The molecule has 0 unspecified atom stereocenters. The maximum atomic E-state index is 4.98. The van der Waals surface area contributed by atoms with Gasteiger partial charge in [-0.05, 0) is 19.3 Å². The molecule has 1 rings (SSSR count). The van der Waals surface area contributed by atoms with E-state index >= 15 is 0 Å². The first-order chi connectivity index (χ1) is 11.8. The van der Waals surface area contributed by atoms with Crippen molar-refractivity contribution in [3.63, 3.8) is 0 Å². The molecule has 0 aliphatic heterocycles. The predicted molar refractivity (Wildman–Crippen MR) is 111 cm³/mol. The van der Waals surface area contributed by atoms with Crippen molar-refractivity contribution >= 4 is 0 Å². The summed E-state index contributed by atoms with van der Waals surface area (Å²) in [7, 11) is 0. The summed E-state index contributed by atoms with van der Waals surface area (Å²) in [5.74, 6) is 0. The van der Waals surface area contributed by atoms with Crippen LogP contribution in [0.15, 0.2) is 6.33 Å². The molecule has 0 saturated carbocycles. The molecule has 0 bridgehead atoms. The molecule has 146 valence electrons. The largest absolute Gasteiger partial charge is 0.334 e. The highest BCUT2D eigenvalue weighted by Gasteiger charge is 2.34. The van der Waals surface area contributed by atoms with Gasteiger partial charge in [-0.1, -0.05) is 93.4 Å². The van der Waals surface area contributed by atoms with Crippen LogP contribution in [0.5, 0.6) is 0 Å². The molecular weight excluding hydrogens is 304 g/mol. The van der Waals surface area contributed by atoms with Crippen molar-refractivity contribution < 1.29 is 0 Å². The van der Waals surface area contributed by atoms with E-state index in [2.05, 4.69) is 59.4 Å².